The van der Waals surface area contributed by atoms with Crippen molar-refractivity contribution in [3.63, 3.8) is 0 Å². The molecule has 1 aromatic rings. The summed E-state index contributed by atoms with van der Waals surface area (Å²) < 4.78 is 85.5. The minimum absolute atomic E-state index is 0.161. The quantitative estimate of drug-likeness (QED) is 0.412. The average Bonchev–Trinajstić information content (AvgIpc) is 2.41. The van der Waals surface area contributed by atoms with Crippen LogP contribution in [0, 0.1) is 5.21 Å². The van der Waals surface area contributed by atoms with E-state index in [1.165, 1.54) is 0 Å². The molecule has 1 N–H and O–H groups in total. The molecule has 0 saturated heterocycles. The van der Waals surface area contributed by atoms with Crippen molar-refractivity contribution in [3.05, 3.63) is 35.0 Å². The molecule has 0 aliphatic rings. The number of nitrogens with one attached hydrogen (secondary N) is 1. The van der Waals surface area contributed by atoms with Gasteiger partial charge in [0.05, 0.1) is 25.0 Å². The lowest BCUT2D eigenvalue weighted by Crippen LogP contribution is -3.09. The smallest absolute Gasteiger partial charge is 0.416 e. The van der Waals surface area contributed by atoms with Crippen LogP contribution in [0.3, 0.4) is 0 Å². The highest BCUT2D eigenvalue weighted by Gasteiger charge is 2.31. The minimum atomic E-state index is -4.62. The van der Waals surface area contributed by atoms with Crippen molar-refractivity contribution in [2.24, 2.45) is 0 Å². The van der Waals surface area contributed by atoms with Gasteiger partial charge in [-0.2, -0.15) is 30.0 Å². The number of benzene rings is 1. The van der Waals surface area contributed by atoms with E-state index >= 15 is 0 Å². The fraction of sp³-hybridized carbons (Fsp3) is 0.455. The summed E-state index contributed by atoms with van der Waals surface area (Å²) in [4.78, 5) is -0.556. The minimum Gasteiger partial charge on any atom is -0.618 e. The summed E-state index contributed by atoms with van der Waals surface area (Å²) in [5, 5.41) is 11.7. The number of halogens is 3. The molecule has 12 heteroatoms. The molecule has 1 unspecified atom stereocenters. The van der Waals surface area contributed by atoms with Gasteiger partial charge >= 0.3 is 16.2 Å². The molecule has 0 bridgehead atoms. The van der Waals surface area contributed by atoms with Gasteiger partial charge < -0.3 is 5.21 Å². The molecule has 132 valence electrons. The van der Waals surface area contributed by atoms with E-state index in [1.54, 1.807) is 0 Å². The lowest BCUT2D eigenvalue weighted by atomic mass is 10.2. The Hall–Kier alpha value is -1.21. The highest BCUT2D eigenvalue weighted by atomic mass is 32.2. The van der Waals surface area contributed by atoms with Gasteiger partial charge in [0.25, 0.3) is 10.1 Å². The second kappa shape index (κ2) is 7.13. The van der Waals surface area contributed by atoms with Crippen molar-refractivity contribution in [3.8, 4) is 0 Å². The van der Waals surface area contributed by atoms with E-state index in [0.717, 1.165) is 6.26 Å². The van der Waals surface area contributed by atoms with Gasteiger partial charge in [0.1, 0.15) is 4.90 Å². The number of quaternary nitrogens is 1. The molecule has 0 heterocycles. The third kappa shape index (κ3) is 6.06. The summed E-state index contributed by atoms with van der Waals surface area (Å²) in [7, 11) is -8.12. The fourth-order valence-electron chi connectivity index (χ4n) is 1.52. The average molecular weight is 377 g/mol. The summed E-state index contributed by atoms with van der Waals surface area (Å²) >= 11 is 0. The standard InChI is InChI=1S/C11H14F3NO6S2/c1-22(17,18)21-8-2-7-15(16)23(19,20)10-5-3-9(4-6-10)11(12,13)14/h3-6,15H,2,7-8H2,1H3. The third-order valence-electron chi connectivity index (χ3n) is 2.61. The Balaban J connectivity index is 2.74. The van der Waals surface area contributed by atoms with Gasteiger partial charge in [0.15, 0.2) is 0 Å². The first-order valence-corrected chi connectivity index (χ1v) is 9.43. The lowest BCUT2D eigenvalue weighted by Gasteiger charge is -2.21. The summed E-state index contributed by atoms with van der Waals surface area (Å²) in [6.45, 7) is -0.883. The summed E-state index contributed by atoms with van der Waals surface area (Å²) in [6, 6.07) is 2.52. The van der Waals surface area contributed by atoms with Crippen LogP contribution >= 0.6 is 0 Å². The number of hydrogen-bond donors (Lipinski definition) is 1. The molecule has 0 fully saturated rings. The molecule has 0 aliphatic heterocycles. The highest BCUT2D eigenvalue weighted by Crippen LogP contribution is 2.29. The number of rotatable bonds is 7. The Morgan fingerprint density at radius 2 is 1.65 bits per heavy atom. The summed E-state index contributed by atoms with van der Waals surface area (Å²) in [5.41, 5.74) is -1.04. The van der Waals surface area contributed by atoms with Crippen LogP contribution in [0.25, 0.3) is 0 Å². The van der Waals surface area contributed by atoms with Crippen molar-refractivity contribution in [1.82, 2.24) is 0 Å². The summed E-state index contributed by atoms with van der Waals surface area (Å²) in [6.07, 6.45) is -3.98. The van der Waals surface area contributed by atoms with Crippen LogP contribution in [-0.4, -0.2) is 36.2 Å². The first-order valence-electron chi connectivity index (χ1n) is 6.13. The van der Waals surface area contributed by atoms with E-state index < -0.39 is 47.8 Å². The van der Waals surface area contributed by atoms with Crippen molar-refractivity contribution in [2.75, 3.05) is 19.4 Å². The van der Waals surface area contributed by atoms with Gasteiger partial charge in [-0.3, -0.25) is 8.65 Å². The first-order chi connectivity index (χ1) is 10.3. The van der Waals surface area contributed by atoms with Crippen molar-refractivity contribution in [2.45, 2.75) is 17.5 Å². The lowest BCUT2D eigenvalue weighted by molar-refractivity contribution is -0.708. The predicted octanol–water partition coefficient (Wildman–Crippen LogP) is 0.143. The van der Waals surface area contributed by atoms with Gasteiger partial charge in [-0.1, -0.05) is 0 Å². The predicted molar refractivity (Wildman–Crippen MR) is 73.2 cm³/mol. The first kappa shape index (κ1) is 19.8. The number of sulfonamides is 1. The zero-order valence-corrected chi connectivity index (χ0v) is 13.5. The van der Waals surface area contributed by atoms with Crippen LogP contribution < -0.4 is 4.47 Å². The fourth-order valence-corrected chi connectivity index (χ4v) is 3.11. The molecule has 0 radical (unpaired) electrons. The van der Waals surface area contributed by atoms with Crippen molar-refractivity contribution in [1.29, 1.82) is 0 Å². The zero-order chi connectivity index (χ0) is 17.9. The van der Waals surface area contributed by atoms with Gasteiger partial charge in [-0.15, -0.1) is 0 Å². The SMILES string of the molecule is CS(=O)(=O)OCCC[NH+]([O-])S(=O)(=O)c1ccc(C(F)(F)F)cc1. The molecule has 23 heavy (non-hydrogen) atoms. The van der Waals surface area contributed by atoms with Gasteiger partial charge in [0.2, 0.25) is 0 Å². The van der Waals surface area contributed by atoms with Gasteiger partial charge in [-0.05, 0) is 24.3 Å². The second-order valence-corrected chi connectivity index (χ2v) is 8.10. The molecule has 0 spiro atoms. The molecular weight excluding hydrogens is 363 g/mol. The molecule has 0 aromatic heterocycles. The van der Waals surface area contributed by atoms with Crippen LogP contribution in [0.2, 0.25) is 0 Å². The number of hydroxylamine groups is 1. The maximum Gasteiger partial charge on any atom is 0.416 e. The number of hydrogen-bond acceptors (Lipinski definition) is 6. The van der Waals surface area contributed by atoms with Crippen LogP contribution in [-0.2, 0) is 30.5 Å². The Morgan fingerprint density at radius 1 is 1.13 bits per heavy atom. The molecule has 0 amide bonds. The van der Waals surface area contributed by atoms with Crippen LogP contribution in [0.5, 0.6) is 0 Å². The van der Waals surface area contributed by atoms with E-state index in [2.05, 4.69) is 4.18 Å². The van der Waals surface area contributed by atoms with Crippen LogP contribution in [0.1, 0.15) is 12.0 Å². The topological polar surface area (TPSA) is 105 Å². The maximum atomic E-state index is 12.4. The van der Waals surface area contributed by atoms with E-state index in [9.17, 15) is 35.2 Å². The molecule has 1 aromatic carbocycles. The van der Waals surface area contributed by atoms with Crippen molar-refractivity contribution >= 4 is 20.1 Å². The summed E-state index contributed by atoms with van der Waals surface area (Å²) in [5.74, 6) is 0. The molecular formula is C11H14F3NO6S2. The molecule has 1 rings (SSSR count). The van der Waals surface area contributed by atoms with E-state index in [4.69, 9.17) is 0 Å². The number of alkyl halides is 3. The normalized spacial score (nSPS) is 14.7. The van der Waals surface area contributed by atoms with Crippen LogP contribution in [0.4, 0.5) is 13.2 Å². The van der Waals surface area contributed by atoms with E-state index in [0.29, 0.717) is 24.3 Å². The largest absolute Gasteiger partial charge is 0.618 e. The molecule has 0 aliphatic carbocycles. The van der Waals surface area contributed by atoms with Gasteiger partial charge in [0, 0.05) is 6.42 Å². The molecule has 7 nitrogen and oxygen atoms in total. The Kier molecular flexibility index (Phi) is 6.15. The molecule has 0 saturated carbocycles. The molecule has 1 atom stereocenters. The van der Waals surface area contributed by atoms with E-state index in [-0.39, 0.29) is 13.0 Å². The van der Waals surface area contributed by atoms with Crippen molar-refractivity contribution < 1.29 is 38.7 Å². The Morgan fingerprint density at radius 3 is 2.09 bits per heavy atom. The zero-order valence-electron chi connectivity index (χ0n) is 11.8. The second-order valence-electron chi connectivity index (χ2n) is 4.53. The maximum absolute atomic E-state index is 12.4. The van der Waals surface area contributed by atoms with Crippen LogP contribution in [0.15, 0.2) is 29.2 Å². The van der Waals surface area contributed by atoms with E-state index in [1.807, 2.05) is 0 Å². The Labute approximate surface area is 131 Å². The Bertz CT molecular complexity index is 728. The van der Waals surface area contributed by atoms with Gasteiger partial charge in [-0.25, -0.2) is 0 Å². The highest BCUT2D eigenvalue weighted by molar-refractivity contribution is 7.86. The third-order valence-corrected chi connectivity index (χ3v) is 4.91. The monoisotopic (exact) mass is 377 g/mol.